The summed E-state index contributed by atoms with van der Waals surface area (Å²) in [5.74, 6) is 0. The van der Waals surface area contributed by atoms with Crippen LogP contribution in [-0.2, 0) is 23.1 Å². The van der Waals surface area contributed by atoms with Crippen LogP contribution in [0, 0.1) is 6.92 Å². The van der Waals surface area contributed by atoms with Crippen molar-refractivity contribution in [1.82, 2.24) is 10.0 Å². The van der Waals surface area contributed by atoms with E-state index in [0.29, 0.717) is 10.8 Å². The summed E-state index contributed by atoms with van der Waals surface area (Å²) in [4.78, 5) is 1.05. The molecule has 0 unspecified atom stereocenters. The molecule has 0 aliphatic carbocycles. The van der Waals surface area contributed by atoms with Gasteiger partial charge in [-0.15, -0.1) is 11.3 Å². The summed E-state index contributed by atoms with van der Waals surface area (Å²) >= 11 is 1.31. The first-order chi connectivity index (χ1) is 9.53. The van der Waals surface area contributed by atoms with Crippen molar-refractivity contribution in [3.63, 3.8) is 0 Å². The van der Waals surface area contributed by atoms with E-state index < -0.39 is 10.0 Å². The van der Waals surface area contributed by atoms with Crippen LogP contribution in [0.5, 0.6) is 0 Å². The minimum Gasteiger partial charge on any atom is -0.472 e. The highest BCUT2D eigenvalue weighted by molar-refractivity contribution is 7.91. The molecule has 2 N–H and O–H groups in total. The molecule has 0 fully saturated rings. The second-order valence-corrected chi connectivity index (χ2v) is 7.54. The van der Waals surface area contributed by atoms with Crippen molar-refractivity contribution in [2.75, 3.05) is 6.54 Å². The summed E-state index contributed by atoms with van der Waals surface area (Å²) in [6.07, 6.45) is 3.05. The molecule has 5 nitrogen and oxygen atoms in total. The molecule has 2 aromatic rings. The highest BCUT2D eigenvalue weighted by atomic mass is 32.2. The molecule has 0 amide bonds. The third-order valence-electron chi connectivity index (χ3n) is 2.84. The van der Waals surface area contributed by atoms with E-state index in [4.69, 9.17) is 4.42 Å². The van der Waals surface area contributed by atoms with Crippen molar-refractivity contribution in [1.29, 1.82) is 0 Å². The molecule has 0 atom stereocenters. The Morgan fingerprint density at radius 1 is 1.35 bits per heavy atom. The number of furan rings is 1. The molecule has 0 bridgehead atoms. The Kier molecular flexibility index (Phi) is 4.98. The normalized spacial score (nSPS) is 11.9. The van der Waals surface area contributed by atoms with Crippen LogP contribution >= 0.6 is 11.3 Å². The molecule has 0 aliphatic rings. The summed E-state index contributed by atoms with van der Waals surface area (Å²) in [7, 11) is -3.46. The lowest BCUT2D eigenvalue weighted by Crippen LogP contribution is -2.22. The Balaban J connectivity index is 2.09. The van der Waals surface area contributed by atoms with Crippen LogP contribution in [0.3, 0.4) is 0 Å². The van der Waals surface area contributed by atoms with Gasteiger partial charge in [0.2, 0.25) is 10.0 Å². The van der Waals surface area contributed by atoms with Crippen molar-refractivity contribution in [3.8, 4) is 0 Å². The van der Waals surface area contributed by atoms with Crippen molar-refractivity contribution < 1.29 is 12.8 Å². The zero-order valence-corrected chi connectivity index (χ0v) is 13.1. The van der Waals surface area contributed by atoms with Gasteiger partial charge in [0.1, 0.15) is 4.21 Å². The van der Waals surface area contributed by atoms with Crippen LogP contribution in [0.25, 0.3) is 0 Å². The van der Waals surface area contributed by atoms with Gasteiger partial charge in [-0.05, 0) is 31.2 Å². The van der Waals surface area contributed by atoms with E-state index in [1.165, 1.54) is 23.9 Å². The third kappa shape index (κ3) is 3.69. The first-order valence-electron chi connectivity index (χ1n) is 6.33. The molecule has 2 heterocycles. The average molecular weight is 314 g/mol. The van der Waals surface area contributed by atoms with Crippen LogP contribution in [0.15, 0.2) is 33.3 Å². The predicted molar refractivity (Wildman–Crippen MR) is 79.2 cm³/mol. The van der Waals surface area contributed by atoms with E-state index in [-0.39, 0.29) is 6.54 Å². The van der Waals surface area contributed by atoms with Gasteiger partial charge in [-0.2, -0.15) is 0 Å². The Morgan fingerprint density at radius 3 is 2.80 bits per heavy atom. The van der Waals surface area contributed by atoms with Crippen molar-refractivity contribution in [2.24, 2.45) is 0 Å². The summed E-state index contributed by atoms with van der Waals surface area (Å²) < 4.78 is 32.3. The Bertz CT molecular complexity index is 645. The maximum atomic E-state index is 12.2. The van der Waals surface area contributed by atoms with E-state index in [9.17, 15) is 8.42 Å². The standard InChI is InChI=1S/C13H18N2O3S2/c1-3-14-8-12-10(2)6-13(19-12)20(16,17)15-7-11-4-5-18-9-11/h4-6,9,14-15H,3,7-8H2,1-2H3. The molecule has 2 rings (SSSR count). The summed E-state index contributed by atoms with van der Waals surface area (Å²) in [5, 5.41) is 3.21. The van der Waals surface area contributed by atoms with Gasteiger partial charge < -0.3 is 9.73 Å². The molecule has 0 saturated carbocycles. The monoisotopic (exact) mass is 314 g/mol. The molecule has 0 aromatic carbocycles. The number of sulfonamides is 1. The van der Waals surface area contributed by atoms with Gasteiger partial charge in [-0.25, -0.2) is 13.1 Å². The molecular weight excluding hydrogens is 296 g/mol. The fourth-order valence-electron chi connectivity index (χ4n) is 1.68. The van der Waals surface area contributed by atoms with Crippen molar-refractivity contribution >= 4 is 21.4 Å². The molecule has 20 heavy (non-hydrogen) atoms. The van der Waals surface area contributed by atoms with Crippen LogP contribution in [-0.4, -0.2) is 15.0 Å². The Labute approximate surface area is 123 Å². The number of thiophene rings is 1. The minimum atomic E-state index is -3.46. The van der Waals surface area contributed by atoms with Crippen LogP contribution < -0.4 is 10.0 Å². The molecule has 0 aliphatic heterocycles. The second-order valence-electron chi connectivity index (χ2n) is 4.41. The number of nitrogens with one attached hydrogen (secondary N) is 2. The number of hydrogen-bond acceptors (Lipinski definition) is 5. The molecule has 0 radical (unpaired) electrons. The maximum absolute atomic E-state index is 12.2. The predicted octanol–water partition coefficient (Wildman–Crippen LogP) is 2.24. The lowest BCUT2D eigenvalue weighted by Gasteiger charge is -2.02. The summed E-state index contributed by atoms with van der Waals surface area (Å²) in [5.41, 5.74) is 1.80. The third-order valence-corrected chi connectivity index (χ3v) is 5.96. The minimum absolute atomic E-state index is 0.234. The highest BCUT2D eigenvalue weighted by Gasteiger charge is 2.18. The fraction of sp³-hybridized carbons (Fsp3) is 0.385. The molecule has 7 heteroatoms. The Morgan fingerprint density at radius 2 is 2.15 bits per heavy atom. The quantitative estimate of drug-likeness (QED) is 0.822. The Hall–Kier alpha value is -1.15. The van der Waals surface area contributed by atoms with Crippen LogP contribution in [0.2, 0.25) is 0 Å². The van der Waals surface area contributed by atoms with Gasteiger partial charge in [-0.1, -0.05) is 6.92 Å². The fourth-order valence-corrected chi connectivity index (χ4v) is 4.30. The number of rotatable bonds is 7. The smallest absolute Gasteiger partial charge is 0.250 e. The van der Waals surface area contributed by atoms with Crippen LogP contribution in [0.1, 0.15) is 22.9 Å². The zero-order chi connectivity index (χ0) is 14.6. The van der Waals surface area contributed by atoms with E-state index in [1.54, 1.807) is 12.1 Å². The van der Waals surface area contributed by atoms with Gasteiger partial charge >= 0.3 is 0 Å². The molecular formula is C13H18N2O3S2. The second kappa shape index (κ2) is 6.53. The summed E-state index contributed by atoms with van der Waals surface area (Å²) in [6.45, 7) is 5.74. The first-order valence-corrected chi connectivity index (χ1v) is 8.63. The van der Waals surface area contributed by atoms with E-state index >= 15 is 0 Å². The number of hydrogen-bond donors (Lipinski definition) is 2. The van der Waals surface area contributed by atoms with Gasteiger partial charge in [0.25, 0.3) is 0 Å². The molecule has 2 aromatic heterocycles. The SMILES string of the molecule is CCNCc1sc(S(=O)(=O)NCc2ccoc2)cc1C. The lowest BCUT2D eigenvalue weighted by atomic mass is 10.3. The zero-order valence-electron chi connectivity index (χ0n) is 11.5. The van der Waals surface area contributed by atoms with Gasteiger partial charge in [0.05, 0.1) is 12.5 Å². The molecule has 0 saturated heterocycles. The first kappa shape index (κ1) is 15.2. The number of aryl methyl sites for hydroxylation is 1. The van der Waals surface area contributed by atoms with Gasteiger partial charge in [-0.3, -0.25) is 0 Å². The maximum Gasteiger partial charge on any atom is 0.250 e. The van der Waals surface area contributed by atoms with Crippen molar-refractivity contribution in [2.45, 2.75) is 31.1 Å². The summed E-state index contributed by atoms with van der Waals surface area (Å²) in [6, 6.07) is 3.45. The molecule has 0 spiro atoms. The highest BCUT2D eigenvalue weighted by Crippen LogP contribution is 2.26. The lowest BCUT2D eigenvalue weighted by molar-refractivity contribution is 0.561. The van der Waals surface area contributed by atoms with E-state index in [0.717, 1.165) is 22.5 Å². The van der Waals surface area contributed by atoms with Crippen molar-refractivity contribution in [3.05, 3.63) is 40.7 Å². The molecule has 110 valence electrons. The van der Waals surface area contributed by atoms with E-state index in [2.05, 4.69) is 10.0 Å². The van der Waals surface area contributed by atoms with Crippen LogP contribution in [0.4, 0.5) is 0 Å². The van der Waals surface area contributed by atoms with Gasteiger partial charge in [0.15, 0.2) is 0 Å². The van der Waals surface area contributed by atoms with E-state index in [1.807, 2.05) is 13.8 Å². The average Bonchev–Trinajstić information content (AvgIpc) is 3.04. The topological polar surface area (TPSA) is 71.3 Å². The van der Waals surface area contributed by atoms with Gasteiger partial charge in [0, 0.05) is 23.5 Å². The largest absolute Gasteiger partial charge is 0.472 e.